The Bertz CT molecular complexity index is 1790. The van der Waals surface area contributed by atoms with Crippen LogP contribution in [0.15, 0.2) is 58.6 Å². The summed E-state index contributed by atoms with van der Waals surface area (Å²) in [5, 5.41) is 1.37. The molecule has 1 aliphatic heterocycles. The molecule has 1 spiro atoms. The number of piperidine rings is 1. The maximum absolute atomic E-state index is 12.7. The third-order valence-electron chi connectivity index (χ3n) is 8.49. The topological polar surface area (TPSA) is 115 Å². The van der Waals surface area contributed by atoms with Crippen LogP contribution in [0, 0.1) is 5.41 Å². The van der Waals surface area contributed by atoms with Gasteiger partial charge in [-0.05, 0) is 73.4 Å². The highest BCUT2D eigenvalue weighted by Crippen LogP contribution is 2.52. The number of pyridine rings is 2. The molecule has 200 valence electrons. The lowest BCUT2D eigenvalue weighted by atomic mass is 9.73. The van der Waals surface area contributed by atoms with E-state index in [2.05, 4.69) is 26.4 Å². The van der Waals surface area contributed by atoms with E-state index in [1.807, 2.05) is 43.8 Å². The van der Waals surface area contributed by atoms with Crippen LogP contribution in [-0.4, -0.2) is 45.8 Å². The first-order valence-electron chi connectivity index (χ1n) is 13.0. The third-order valence-corrected chi connectivity index (χ3v) is 11.6. The lowest BCUT2D eigenvalue weighted by Gasteiger charge is -2.42. The number of halogens is 1. The number of nitrogen functional groups attached to an aromatic ring is 1. The molecule has 1 unspecified atom stereocenters. The molecule has 1 fully saturated rings. The first kappa shape index (κ1) is 25.1. The van der Waals surface area contributed by atoms with Gasteiger partial charge in [-0.15, -0.1) is 0 Å². The van der Waals surface area contributed by atoms with Gasteiger partial charge in [-0.1, -0.05) is 35.5 Å². The van der Waals surface area contributed by atoms with Crippen molar-refractivity contribution in [2.45, 2.75) is 35.1 Å². The van der Waals surface area contributed by atoms with Crippen LogP contribution in [0.1, 0.15) is 30.0 Å². The number of nitrogens with two attached hydrogens (primary N) is 2. The largest absolute Gasteiger partial charge is 0.382 e. The number of rotatable bonds is 4. The summed E-state index contributed by atoms with van der Waals surface area (Å²) >= 11 is 7.92. The highest BCUT2D eigenvalue weighted by molar-refractivity contribution is 7.99. The van der Waals surface area contributed by atoms with Crippen molar-refractivity contribution in [1.29, 1.82) is 0 Å². The Balaban J connectivity index is 1.15. The molecule has 0 amide bonds. The third kappa shape index (κ3) is 3.93. The van der Waals surface area contributed by atoms with Gasteiger partial charge in [-0.3, -0.25) is 4.40 Å². The molecule has 1 aromatic carbocycles. The summed E-state index contributed by atoms with van der Waals surface area (Å²) in [5.74, 6) is 1.28. The molecular weight excluding hydrogens is 549 g/mol. The van der Waals surface area contributed by atoms with Crippen LogP contribution in [0.2, 0.25) is 5.02 Å². The summed E-state index contributed by atoms with van der Waals surface area (Å²) in [4.78, 5) is 18.0. The molecule has 1 aliphatic carbocycles. The van der Waals surface area contributed by atoms with E-state index in [0.29, 0.717) is 10.8 Å². The number of fused-ring (bicyclic) bond motifs is 1. The Morgan fingerprint density at radius 3 is 2.67 bits per heavy atom. The maximum atomic E-state index is 12.7. The van der Waals surface area contributed by atoms with Crippen molar-refractivity contribution < 1.29 is 4.57 Å². The second-order valence-electron chi connectivity index (χ2n) is 11.1. The van der Waals surface area contributed by atoms with Gasteiger partial charge in [0.2, 0.25) is 0 Å². The van der Waals surface area contributed by atoms with Crippen molar-refractivity contribution in [3.63, 3.8) is 0 Å². The van der Waals surface area contributed by atoms with Gasteiger partial charge in [-0.2, -0.15) is 0 Å². The molecule has 5 aromatic rings. The molecule has 11 heteroatoms. The monoisotopic (exact) mass is 577 g/mol. The van der Waals surface area contributed by atoms with Crippen molar-refractivity contribution in [3.8, 4) is 0 Å². The zero-order chi connectivity index (χ0) is 27.1. The minimum Gasteiger partial charge on any atom is -0.382 e. The fourth-order valence-electron chi connectivity index (χ4n) is 6.26. The average Bonchev–Trinajstić information content (AvgIpc) is 3.58. The molecule has 39 heavy (non-hydrogen) atoms. The van der Waals surface area contributed by atoms with Gasteiger partial charge >= 0.3 is 0 Å². The summed E-state index contributed by atoms with van der Waals surface area (Å²) < 4.78 is 14.8. The number of nitrogens with zero attached hydrogens (tertiary/aromatic N) is 5. The normalized spacial score (nSPS) is 19.0. The van der Waals surface area contributed by atoms with Gasteiger partial charge in [0.1, 0.15) is 24.1 Å². The Kier molecular flexibility index (Phi) is 5.69. The number of hydrogen-bond acceptors (Lipinski definition) is 8. The van der Waals surface area contributed by atoms with Gasteiger partial charge in [-0.25, -0.2) is 15.0 Å². The lowest BCUT2D eigenvalue weighted by molar-refractivity contribution is 0.187. The molecule has 7 rings (SSSR count). The number of imidazole rings is 2. The molecule has 8 nitrogen and oxygen atoms in total. The zero-order valence-electron chi connectivity index (χ0n) is 21.8. The van der Waals surface area contributed by atoms with E-state index in [0.717, 1.165) is 70.1 Å². The number of hydrogen-bond donors (Lipinski definition) is 2. The van der Waals surface area contributed by atoms with E-state index in [1.165, 1.54) is 22.9 Å². The molecule has 0 radical (unpaired) electrons. The van der Waals surface area contributed by atoms with E-state index in [4.69, 9.17) is 33.0 Å². The Hall–Kier alpha value is -2.84. The van der Waals surface area contributed by atoms with E-state index in [-0.39, 0.29) is 11.5 Å². The number of benzene rings is 1. The van der Waals surface area contributed by atoms with Crippen LogP contribution in [0.4, 0.5) is 11.6 Å². The van der Waals surface area contributed by atoms with Gasteiger partial charge < -0.3 is 20.9 Å². The minimum absolute atomic E-state index is 0.0249. The van der Waals surface area contributed by atoms with Crippen LogP contribution < -0.4 is 21.7 Å². The first-order chi connectivity index (χ1) is 18.6. The lowest BCUT2D eigenvalue weighted by Crippen LogP contribution is -2.44. The Morgan fingerprint density at radius 1 is 1.10 bits per heavy atom. The molecule has 0 bridgehead atoms. The van der Waals surface area contributed by atoms with Crippen molar-refractivity contribution >= 4 is 64.3 Å². The Morgan fingerprint density at radius 2 is 1.90 bits per heavy atom. The highest BCUT2D eigenvalue weighted by Gasteiger charge is 2.46. The average molecular weight is 578 g/mol. The summed E-state index contributed by atoms with van der Waals surface area (Å²) in [7, 11) is -2.33. The van der Waals surface area contributed by atoms with Crippen molar-refractivity contribution in [3.05, 3.63) is 64.9 Å². The fraction of sp³-hybridized carbons (Fsp3) is 0.321. The maximum Gasteiger partial charge on any atom is 0.157 e. The molecule has 5 heterocycles. The van der Waals surface area contributed by atoms with Gasteiger partial charge in [0, 0.05) is 35.5 Å². The van der Waals surface area contributed by atoms with E-state index in [1.54, 1.807) is 6.20 Å². The summed E-state index contributed by atoms with van der Waals surface area (Å²) in [6.45, 7) is 5.40. The van der Waals surface area contributed by atoms with Gasteiger partial charge in [0.05, 0.1) is 16.1 Å². The predicted molar refractivity (Wildman–Crippen MR) is 160 cm³/mol. The van der Waals surface area contributed by atoms with Crippen LogP contribution in [-0.2, 0) is 11.0 Å². The van der Waals surface area contributed by atoms with Crippen molar-refractivity contribution in [2.75, 3.05) is 37.1 Å². The smallest absolute Gasteiger partial charge is 0.157 e. The Labute approximate surface area is 235 Å². The van der Waals surface area contributed by atoms with Gasteiger partial charge in [0.25, 0.3) is 0 Å². The second kappa shape index (κ2) is 8.83. The van der Waals surface area contributed by atoms with E-state index in [9.17, 15) is 4.57 Å². The first-order valence-corrected chi connectivity index (χ1v) is 16.8. The molecule has 1 atom stereocenters. The standard InChI is InChI=1S/C28H29ClN7OPS/c1-38(2,37)17-4-3-16-14-28(24(30)18(16)13-17)8-11-35(12-9-28)26-19-15-33-27-21(5-6-22(34-26)36(19)27)39-20-7-10-32-25(31)23(20)29/h3-7,10,13,15,24H,8-9,11-12,14,30H2,1-2H3,(H2,31,32). The van der Waals surface area contributed by atoms with Crippen molar-refractivity contribution in [2.24, 2.45) is 11.1 Å². The van der Waals surface area contributed by atoms with Crippen LogP contribution >= 0.6 is 30.5 Å². The SMILES string of the molecule is CP(C)(=O)c1ccc2c(c1)C(N)C1(CCN(c3nc4ccc(Sc5ccnc(N)c5Cl)c5ncc3n45)CC1)C2. The van der Waals surface area contributed by atoms with E-state index >= 15 is 0 Å². The summed E-state index contributed by atoms with van der Waals surface area (Å²) in [6, 6.07) is 12.2. The molecule has 4 aromatic heterocycles. The molecule has 2 aliphatic rings. The number of anilines is 2. The van der Waals surface area contributed by atoms with Crippen molar-refractivity contribution in [1.82, 2.24) is 19.4 Å². The quantitative estimate of drug-likeness (QED) is 0.280. The molecule has 1 saturated heterocycles. The van der Waals surface area contributed by atoms with E-state index < -0.39 is 7.14 Å². The fourth-order valence-corrected chi connectivity index (χ4v) is 8.30. The summed E-state index contributed by atoms with van der Waals surface area (Å²) in [5.41, 5.74) is 18.0. The van der Waals surface area contributed by atoms with Gasteiger partial charge in [0.15, 0.2) is 11.5 Å². The molecular formula is C28H29ClN7OPS. The van der Waals surface area contributed by atoms with Crippen LogP contribution in [0.25, 0.3) is 16.8 Å². The highest BCUT2D eigenvalue weighted by atomic mass is 35.5. The number of aromatic nitrogens is 4. The molecule has 0 saturated carbocycles. The second-order valence-corrected chi connectivity index (χ2v) is 15.8. The molecule has 4 N–H and O–H groups in total. The summed E-state index contributed by atoms with van der Waals surface area (Å²) in [6.07, 6.45) is 6.51. The van der Waals surface area contributed by atoms with Crippen LogP contribution in [0.3, 0.4) is 0 Å². The van der Waals surface area contributed by atoms with Crippen LogP contribution in [0.5, 0.6) is 0 Å². The zero-order valence-corrected chi connectivity index (χ0v) is 24.2. The minimum atomic E-state index is -2.33. The predicted octanol–water partition coefficient (Wildman–Crippen LogP) is 5.19.